The van der Waals surface area contributed by atoms with Gasteiger partial charge in [-0.15, -0.1) is 0 Å². The molecule has 11 heteroatoms. The van der Waals surface area contributed by atoms with E-state index in [0.717, 1.165) is 18.3 Å². The van der Waals surface area contributed by atoms with Gasteiger partial charge in [-0.1, -0.05) is 13.8 Å². The molecular weight excluding hydrogens is 473 g/mol. The molecular formula is C26H44BN5O5. The summed E-state index contributed by atoms with van der Waals surface area (Å²) in [5.74, 6) is 0.395. The number of ether oxygens (including phenoxy) is 1. The van der Waals surface area contributed by atoms with Crippen LogP contribution < -0.4 is 15.7 Å². The number of nitrogens with one attached hydrogen (secondary N) is 1. The van der Waals surface area contributed by atoms with Crippen LogP contribution in [0.5, 0.6) is 0 Å². The number of rotatable bonds is 6. The molecule has 206 valence electrons. The quantitative estimate of drug-likeness (QED) is 0.575. The van der Waals surface area contributed by atoms with Crippen molar-refractivity contribution in [1.82, 2.24) is 20.2 Å². The lowest BCUT2D eigenvalue weighted by molar-refractivity contribution is -0.135. The minimum atomic E-state index is -0.658. The van der Waals surface area contributed by atoms with E-state index in [9.17, 15) is 9.59 Å². The number of amides is 2. The second kappa shape index (κ2) is 10.8. The molecule has 0 spiro atoms. The highest BCUT2D eigenvalue weighted by Crippen LogP contribution is 2.36. The molecule has 1 aromatic heterocycles. The number of likely N-dealkylation sites (N-methyl/N-ethyl adjacent to an activating group) is 1. The Balaban J connectivity index is 1.65. The summed E-state index contributed by atoms with van der Waals surface area (Å²) in [4.78, 5) is 38.8. The van der Waals surface area contributed by atoms with E-state index in [-0.39, 0.29) is 17.9 Å². The van der Waals surface area contributed by atoms with E-state index in [0.29, 0.717) is 19.0 Å². The standard InChI is InChI=1S/C26H44BN5O5/c1-17(2)20(30-23(34)35-24(3,4)5)21(33)32-13-11-12-19(16-32)31(10)22-28-14-18(15-29-22)27-36-25(6,7)26(8,9)37-27/h14-15,17,19-20H,11-13,16H2,1-10H3,(H,30,34)/t19-,20+/m0/s1. The zero-order valence-electron chi connectivity index (χ0n) is 24.1. The van der Waals surface area contributed by atoms with Crippen LogP contribution in [-0.4, -0.2) is 83.0 Å². The predicted octanol–water partition coefficient (Wildman–Crippen LogP) is 2.75. The number of piperidine rings is 1. The fourth-order valence-corrected chi connectivity index (χ4v) is 4.39. The number of anilines is 1. The summed E-state index contributed by atoms with van der Waals surface area (Å²) >= 11 is 0. The van der Waals surface area contributed by atoms with Crippen LogP contribution in [0.2, 0.25) is 0 Å². The van der Waals surface area contributed by atoms with Crippen molar-refractivity contribution in [3.63, 3.8) is 0 Å². The van der Waals surface area contributed by atoms with Gasteiger partial charge in [0.1, 0.15) is 11.6 Å². The van der Waals surface area contributed by atoms with Gasteiger partial charge in [-0.25, -0.2) is 14.8 Å². The van der Waals surface area contributed by atoms with Crippen molar-refractivity contribution in [2.45, 2.75) is 104 Å². The average Bonchev–Trinajstić information content (AvgIpc) is 3.02. The third-order valence-electron chi connectivity index (χ3n) is 7.36. The van der Waals surface area contributed by atoms with E-state index in [1.54, 1.807) is 33.2 Å². The summed E-state index contributed by atoms with van der Waals surface area (Å²) in [5, 5.41) is 2.78. The first kappa shape index (κ1) is 29.2. The maximum absolute atomic E-state index is 13.4. The summed E-state index contributed by atoms with van der Waals surface area (Å²) in [6.07, 6.45) is 4.66. The highest BCUT2D eigenvalue weighted by molar-refractivity contribution is 6.61. The lowest BCUT2D eigenvalue weighted by Gasteiger charge is -2.39. The van der Waals surface area contributed by atoms with Gasteiger partial charge in [0.05, 0.1) is 11.2 Å². The van der Waals surface area contributed by atoms with E-state index < -0.39 is 36.1 Å². The largest absolute Gasteiger partial charge is 0.498 e. The maximum Gasteiger partial charge on any atom is 0.498 e. The zero-order chi connectivity index (χ0) is 27.8. The van der Waals surface area contributed by atoms with Crippen molar-refractivity contribution in [2.75, 3.05) is 25.0 Å². The van der Waals surface area contributed by atoms with Crippen LogP contribution in [0.4, 0.5) is 10.7 Å². The Labute approximate surface area is 222 Å². The van der Waals surface area contributed by atoms with Gasteiger partial charge in [-0.05, 0) is 67.2 Å². The highest BCUT2D eigenvalue weighted by Gasteiger charge is 2.52. The molecule has 2 atom stereocenters. The molecule has 37 heavy (non-hydrogen) atoms. The molecule has 0 aliphatic carbocycles. The Kier molecular flexibility index (Phi) is 8.49. The lowest BCUT2D eigenvalue weighted by Crippen LogP contribution is -2.56. The number of likely N-dealkylation sites (tertiary alicyclic amines) is 1. The number of aromatic nitrogens is 2. The Hall–Kier alpha value is -2.40. The van der Waals surface area contributed by atoms with Gasteiger partial charge >= 0.3 is 13.2 Å². The van der Waals surface area contributed by atoms with E-state index >= 15 is 0 Å². The van der Waals surface area contributed by atoms with Crippen LogP contribution in [0.25, 0.3) is 0 Å². The van der Waals surface area contributed by atoms with E-state index in [2.05, 4.69) is 15.3 Å². The Bertz CT molecular complexity index is 947. The molecule has 0 unspecified atom stereocenters. The Morgan fingerprint density at radius 2 is 1.73 bits per heavy atom. The number of carbonyl (C=O) groups is 2. The number of hydrogen-bond donors (Lipinski definition) is 1. The number of alkyl carbamates (subject to hydrolysis) is 1. The Morgan fingerprint density at radius 3 is 2.24 bits per heavy atom. The van der Waals surface area contributed by atoms with Crippen molar-refractivity contribution >= 4 is 30.5 Å². The second-order valence-electron chi connectivity index (χ2n) is 12.5. The van der Waals surface area contributed by atoms with Crippen molar-refractivity contribution in [2.24, 2.45) is 5.92 Å². The molecule has 1 aromatic rings. The van der Waals surface area contributed by atoms with Crippen LogP contribution in [0.1, 0.15) is 75.2 Å². The molecule has 2 aliphatic rings. The van der Waals surface area contributed by atoms with Crippen molar-refractivity contribution in [1.29, 1.82) is 0 Å². The van der Waals surface area contributed by atoms with Crippen LogP contribution >= 0.6 is 0 Å². The zero-order valence-corrected chi connectivity index (χ0v) is 24.1. The van der Waals surface area contributed by atoms with E-state index in [4.69, 9.17) is 14.0 Å². The monoisotopic (exact) mass is 517 g/mol. The number of carbonyl (C=O) groups excluding carboxylic acids is 2. The summed E-state index contributed by atoms with van der Waals surface area (Å²) in [6.45, 7) is 18.5. The molecule has 2 fully saturated rings. The molecule has 10 nitrogen and oxygen atoms in total. The summed E-state index contributed by atoms with van der Waals surface area (Å²) in [5.41, 5.74) is -0.732. The van der Waals surface area contributed by atoms with Crippen molar-refractivity contribution in [3.05, 3.63) is 12.4 Å². The van der Waals surface area contributed by atoms with Gasteiger partial charge in [-0.3, -0.25) is 4.79 Å². The third kappa shape index (κ3) is 6.93. The summed E-state index contributed by atoms with van der Waals surface area (Å²) in [6, 6.07) is -0.607. The van der Waals surface area contributed by atoms with Gasteiger partial charge in [-0.2, -0.15) is 0 Å². The fourth-order valence-electron chi connectivity index (χ4n) is 4.39. The first-order valence-corrected chi connectivity index (χ1v) is 13.2. The normalized spacial score (nSPS) is 22.1. The van der Waals surface area contributed by atoms with Gasteiger partial charge in [0.15, 0.2) is 0 Å². The minimum Gasteiger partial charge on any atom is -0.444 e. The van der Waals surface area contributed by atoms with Gasteiger partial charge in [0, 0.05) is 44.0 Å². The molecule has 0 saturated carbocycles. The fraction of sp³-hybridized carbons (Fsp3) is 0.769. The SMILES string of the molecule is CC(C)[C@@H](NC(=O)OC(C)(C)C)C(=O)N1CCC[C@H](N(C)c2ncc(B3OC(C)(C)C(C)(C)O3)cn2)C1. The number of hydrogen-bond acceptors (Lipinski definition) is 8. The van der Waals surface area contributed by atoms with Gasteiger partial charge < -0.3 is 29.2 Å². The van der Waals surface area contributed by atoms with Gasteiger partial charge in [0.25, 0.3) is 0 Å². The van der Waals surface area contributed by atoms with Gasteiger partial charge in [0.2, 0.25) is 11.9 Å². The lowest BCUT2D eigenvalue weighted by atomic mass is 9.81. The molecule has 2 aliphatic heterocycles. The summed E-state index contributed by atoms with van der Waals surface area (Å²) in [7, 11) is 1.43. The smallest absolute Gasteiger partial charge is 0.444 e. The minimum absolute atomic E-state index is 0.0507. The van der Waals surface area contributed by atoms with Crippen LogP contribution in [0.3, 0.4) is 0 Å². The number of nitrogens with zero attached hydrogens (tertiary/aromatic N) is 4. The molecule has 0 bridgehead atoms. The third-order valence-corrected chi connectivity index (χ3v) is 7.36. The molecule has 3 heterocycles. The molecule has 1 N–H and O–H groups in total. The topological polar surface area (TPSA) is 106 Å². The Morgan fingerprint density at radius 1 is 1.16 bits per heavy atom. The van der Waals surface area contributed by atoms with Crippen LogP contribution in [0, 0.1) is 5.92 Å². The first-order chi connectivity index (χ1) is 17.0. The molecule has 0 aromatic carbocycles. The molecule has 0 radical (unpaired) electrons. The first-order valence-electron chi connectivity index (χ1n) is 13.2. The van der Waals surface area contributed by atoms with Crippen LogP contribution in [-0.2, 0) is 18.8 Å². The molecule has 2 amide bonds. The summed E-state index contributed by atoms with van der Waals surface area (Å²) < 4.78 is 17.6. The average molecular weight is 517 g/mol. The van der Waals surface area contributed by atoms with E-state index in [1.165, 1.54) is 0 Å². The molecule has 2 saturated heterocycles. The van der Waals surface area contributed by atoms with E-state index in [1.807, 2.05) is 58.4 Å². The molecule has 3 rings (SSSR count). The second-order valence-corrected chi connectivity index (χ2v) is 12.5. The highest BCUT2D eigenvalue weighted by atomic mass is 16.7. The predicted molar refractivity (Wildman–Crippen MR) is 144 cm³/mol. The van der Waals surface area contributed by atoms with Crippen molar-refractivity contribution < 1.29 is 23.6 Å². The van der Waals surface area contributed by atoms with Crippen molar-refractivity contribution in [3.8, 4) is 0 Å². The van der Waals surface area contributed by atoms with Crippen LogP contribution in [0.15, 0.2) is 12.4 Å². The maximum atomic E-state index is 13.4.